The Labute approximate surface area is 73.7 Å². The van der Waals surface area contributed by atoms with Gasteiger partial charge >= 0.3 is 0 Å². The predicted octanol–water partition coefficient (Wildman–Crippen LogP) is 1.56. The second-order valence-corrected chi connectivity index (χ2v) is 5.04. The average molecular weight is 167 g/mol. The first-order chi connectivity index (χ1) is 5.50. The molecule has 0 aromatic heterocycles. The van der Waals surface area contributed by atoms with Crippen LogP contribution in [0.3, 0.4) is 0 Å². The lowest BCUT2D eigenvalue weighted by Gasteiger charge is -2.28. The van der Waals surface area contributed by atoms with E-state index in [1.807, 2.05) is 0 Å². The van der Waals surface area contributed by atoms with Crippen LogP contribution in [0.15, 0.2) is 0 Å². The molecule has 1 heterocycles. The van der Waals surface area contributed by atoms with Gasteiger partial charge in [-0.15, -0.1) is 0 Å². The van der Waals surface area contributed by atoms with Crippen LogP contribution in [0, 0.1) is 17.3 Å². The molecule has 1 saturated heterocycles. The van der Waals surface area contributed by atoms with Gasteiger partial charge < -0.3 is 5.32 Å². The third-order valence-electron chi connectivity index (χ3n) is 3.66. The molecule has 2 bridgehead atoms. The van der Waals surface area contributed by atoms with Gasteiger partial charge in [-0.3, -0.25) is 4.79 Å². The van der Waals surface area contributed by atoms with Crippen LogP contribution in [0.1, 0.15) is 33.6 Å². The molecule has 1 saturated carbocycles. The van der Waals surface area contributed by atoms with Crippen molar-refractivity contribution >= 4 is 5.91 Å². The number of piperidine rings is 1. The SMILES string of the molecule is CC1NC(=O)C2CC1CC2(C)C. The molecule has 0 aromatic rings. The van der Waals surface area contributed by atoms with Crippen molar-refractivity contribution in [3.8, 4) is 0 Å². The molecule has 0 aromatic carbocycles. The summed E-state index contributed by atoms with van der Waals surface area (Å²) >= 11 is 0. The van der Waals surface area contributed by atoms with E-state index in [2.05, 4.69) is 26.1 Å². The Morgan fingerprint density at radius 3 is 2.83 bits per heavy atom. The van der Waals surface area contributed by atoms with E-state index >= 15 is 0 Å². The smallest absolute Gasteiger partial charge is 0.223 e. The first kappa shape index (κ1) is 8.09. The summed E-state index contributed by atoms with van der Waals surface area (Å²) < 4.78 is 0. The summed E-state index contributed by atoms with van der Waals surface area (Å²) in [6.45, 7) is 6.56. The van der Waals surface area contributed by atoms with Gasteiger partial charge in [0, 0.05) is 12.0 Å². The van der Waals surface area contributed by atoms with Crippen LogP contribution in [0.5, 0.6) is 0 Å². The lowest BCUT2D eigenvalue weighted by molar-refractivity contribution is -0.129. The van der Waals surface area contributed by atoms with Crippen molar-refractivity contribution in [2.75, 3.05) is 0 Å². The maximum absolute atomic E-state index is 11.6. The van der Waals surface area contributed by atoms with Crippen LogP contribution in [0.4, 0.5) is 0 Å². The zero-order valence-corrected chi connectivity index (χ0v) is 8.05. The molecule has 3 atom stereocenters. The molecule has 2 nitrogen and oxygen atoms in total. The van der Waals surface area contributed by atoms with Gasteiger partial charge in [0.2, 0.25) is 5.91 Å². The Morgan fingerprint density at radius 1 is 1.50 bits per heavy atom. The maximum atomic E-state index is 11.6. The summed E-state index contributed by atoms with van der Waals surface area (Å²) in [7, 11) is 0. The first-order valence-corrected chi connectivity index (χ1v) is 4.81. The quantitative estimate of drug-likeness (QED) is 0.583. The summed E-state index contributed by atoms with van der Waals surface area (Å²) in [6, 6.07) is 0.399. The topological polar surface area (TPSA) is 29.1 Å². The highest BCUT2D eigenvalue weighted by Crippen LogP contribution is 2.49. The number of amides is 1. The third kappa shape index (κ3) is 0.970. The van der Waals surface area contributed by atoms with Gasteiger partial charge in [-0.1, -0.05) is 13.8 Å². The minimum absolute atomic E-state index is 0.236. The van der Waals surface area contributed by atoms with Crippen LogP contribution >= 0.6 is 0 Å². The van der Waals surface area contributed by atoms with E-state index in [-0.39, 0.29) is 17.2 Å². The number of carbonyl (C=O) groups is 1. The van der Waals surface area contributed by atoms with E-state index in [4.69, 9.17) is 0 Å². The van der Waals surface area contributed by atoms with Crippen LogP contribution in [-0.4, -0.2) is 11.9 Å². The highest BCUT2D eigenvalue weighted by molar-refractivity contribution is 5.81. The third-order valence-corrected chi connectivity index (χ3v) is 3.66. The molecule has 2 fully saturated rings. The first-order valence-electron chi connectivity index (χ1n) is 4.81. The molecular formula is C10H17NO. The number of nitrogens with one attached hydrogen (secondary N) is 1. The van der Waals surface area contributed by atoms with Crippen molar-refractivity contribution in [3.63, 3.8) is 0 Å². The fourth-order valence-corrected chi connectivity index (χ4v) is 2.81. The molecule has 1 N–H and O–H groups in total. The van der Waals surface area contributed by atoms with E-state index in [0.717, 1.165) is 12.3 Å². The molecule has 1 aliphatic heterocycles. The number of hydrogen-bond acceptors (Lipinski definition) is 1. The van der Waals surface area contributed by atoms with Crippen molar-refractivity contribution < 1.29 is 4.79 Å². The van der Waals surface area contributed by atoms with Gasteiger partial charge in [0.25, 0.3) is 0 Å². The van der Waals surface area contributed by atoms with Gasteiger partial charge in [-0.05, 0) is 31.1 Å². The summed E-state index contributed by atoms with van der Waals surface area (Å²) in [5, 5.41) is 3.06. The minimum atomic E-state index is 0.236. The minimum Gasteiger partial charge on any atom is -0.353 e. The molecule has 3 unspecified atom stereocenters. The fourth-order valence-electron chi connectivity index (χ4n) is 2.81. The summed E-state index contributed by atoms with van der Waals surface area (Å²) in [4.78, 5) is 11.6. The molecular weight excluding hydrogens is 150 g/mol. The zero-order chi connectivity index (χ0) is 8.93. The van der Waals surface area contributed by atoms with E-state index < -0.39 is 0 Å². The summed E-state index contributed by atoms with van der Waals surface area (Å²) in [5.41, 5.74) is 0.236. The van der Waals surface area contributed by atoms with E-state index in [1.165, 1.54) is 6.42 Å². The van der Waals surface area contributed by atoms with E-state index in [9.17, 15) is 4.79 Å². The average Bonchev–Trinajstić information content (AvgIpc) is 2.20. The molecule has 2 rings (SSSR count). The Kier molecular flexibility index (Phi) is 1.51. The van der Waals surface area contributed by atoms with E-state index in [1.54, 1.807) is 0 Å². The van der Waals surface area contributed by atoms with Gasteiger partial charge in [-0.2, -0.15) is 0 Å². The number of carbonyl (C=O) groups excluding carboxylic acids is 1. The molecule has 0 spiro atoms. The molecule has 1 aliphatic carbocycles. The van der Waals surface area contributed by atoms with Crippen molar-refractivity contribution in [3.05, 3.63) is 0 Å². The van der Waals surface area contributed by atoms with Gasteiger partial charge in [0.15, 0.2) is 0 Å². The molecule has 68 valence electrons. The lowest BCUT2D eigenvalue weighted by Crippen LogP contribution is -2.45. The molecule has 1 amide bonds. The number of fused-ring (bicyclic) bond motifs is 2. The Balaban J connectivity index is 2.27. The highest BCUT2D eigenvalue weighted by atomic mass is 16.2. The Hall–Kier alpha value is -0.530. The van der Waals surface area contributed by atoms with Gasteiger partial charge in [-0.25, -0.2) is 0 Å². The van der Waals surface area contributed by atoms with Crippen LogP contribution < -0.4 is 5.32 Å². The monoisotopic (exact) mass is 167 g/mol. The molecule has 2 aliphatic rings. The van der Waals surface area contributed by atoms with Crippen LogP contribution in [0.2, 0.25) is 0 Å². The van der Waals surface area contributed by atoms with Crippen LogP contribution in [0.25, 0.3) is 0 Å². The largest absolute Gasteiger partial charge is 0.353 e. The second-order valence-electron chi connectivity index (χ2n) is 5.04. The molecule has 2 heteroatoms. The van der Waals surface area contributed by atoms with Crippen molar-refractivity contribution in [1.82, 2.24) is 5.32 Å². The maximum Gasteiger partial charge on any atom is 0.223 e. The van der Waals surface area contributed by atoms with Crippen molar-refractivity contribution in [2.24, 2.45) is 17.3 Å². The Bertz CT molecular complexity index is 222. The van der Waals surface area contributed by atoms with Gasteiger partial charge in [0.1, 0.15) is 0 Å². The second kappa shape index (κ2) is 2.24. The van der Waals surface area contributed by atoms with Crippen molar-refractivity contribution in [1.29, 1.82) is 0 Å². The van der Waals surface area contributed by atoms with Crippen molar-refractivity contribution in [2.45, 2.75) is 39.7 Å². The molecule has 12 heavy (non-hydrogen) atoms. The lowest BCUT2D eigenvalue weighted by atomic mass is 9.81. The Morgan fingerprint density at radius 2 is 2.17 bits per heavy atom. The van der Waals surface area contributed by atoms with Gasteiger partial charge in [0.05, 0.1) is 0 Å². The number of hydrogen-bond donors (Lipinski definition) is 1. The summed E-state index contributed by atoms with van der Waals surface area (Å²) in [6.07, 6.45) is 2.32. The predicted molar refractivity (Wildman–Crippen MR) is 47.6 cm³/mol. The highest BCUT2D eigenvalue weighted by Gasteiger charge is 2.49. The summed E-state index contributed by atoms with van der Waals surface area (Å²) in [5.74, 6) is 1.28. The standard InChI is InChI=1S/C10H17NO/c1-6-7-4-8(9(12)11-6)10(2,3)5-7/h6-8H,4-5H2,1-3H3,(H,11,12). The number of rotatable bonds is 0. The fraction of sp³-hybridized carbons (Fsp3) is 0.900. The van der Waals surface area contributed by atoms with E-state index in [0.29, 0.717) is 6.04 Å². The zero-order valence-electron chi connectivity index (χ0n) is 8.05. The van der Waals surface area contributed by atoms with Crippen LogP contribution in [-0.2, 0) is 4.79 Å². The molecule has 0 radical (unpaired) electrons. The normalized spacial score (nSPS) is 44.2.